The number of halogens is 1. The van der Waals surface area contributed by atoms with Gasteiger partial charge in [0.15, 0.2) is 10.7 Å². The number of hydrogen-bond acceptors (Lipinski definition) is 6. The highest BCUT2D eigenvalue weighted by Gasteiger charge is 2.36. The number of carbonyl (C=O) groups excluding carboxylic acids is 1. The molecule has 2 heterocycles. The zero-order valence-corrected chi connectivity index (χ0v) is 21.1. The smallest absolute Gasteiger partial charge is 0.272 e. The molecule has 1 aromatic heterocycles. The lowest BCUT2D eigenvalue weighted by Gasteiger charge is -2.33. The largest absolute Gasteiger partial charge is 0.478 e. The van der Waals surface area contributed by atoms with E-state index in [1.165, 1.54) is 5.56 Å². The van der Waals surface area contributed by atoms with Gasteiger partial charge in [-0.15, -0.1) is 0 Å². The number of amides is 1. The Morgan fingerprint density at radius 3 is 2.58 bits per heavy atom. The fraction of sp³-hybridized carbons (Fsp3) is 0.440. The molecule has 0 saturated carbocycles. The van der Waals surface area contributed by atoms with Crippen LogP contribution in [0.25, 0.3) is 10.2 Å². The van der Waals surface area contributed by atoms with Crippen LogP contribution in [0.15, 0.2) is 36.4 Å². The number of aryl methyl sites for hydroxylation is 2. The minimum atomic E-state index is -1.08. The van der Waals surface area contributed by atoms with Crippen molar-refractivity contribution < 1.29 is 14.3 Å². The van der Waals surface area contributed by atoms with Crippen LogP contribution in [0.1, 0.15) is 25.0 Å². The second-order valence-corrected chi connectivity index (χ2v) is 10.3. The fourth-order valence-corrected chi connectivity index (χ4v) is 5.02. The number of fused-ring (bicyclic) bond motifs is 1. The molecule has 2 aromatic carbocycles. The maximum Gasteiger partial charge on any atom is 0.272 e. The number of carbonyl (C=O) groups is 1. The first-order valence-corrected chi connectivity index (χ1v) is 12.4. The summed E-state index contributed by atoms with van der Waals surface area (Å²) in [5, 5.41) is 1.32. The SMILES string of the molecule is Cc1ccc2sc(N(CCN3CCOCC3)C(=O)C(C)(C)Oc3ccc(Cl)cc3)nc2c1C. The summed E-state index contributed by atoms with van der Waals surface area (Å²) >= 11 is 7.55. The molecule has 6 nitrogen and oxygen atoms in total. The Hall–Kier alpha value is -2.19. The van der Waals surface area contributed by atoms with Gasteiger partial charge in [0.1, 0.15) is 5.75 Å². The minimum Gasteiger partial charge on any atom is -0.478 e. The van der Waals surface area contributed by atoms with Gasteiger partial charge in [0.2, 0.25) is 0 Å². The van der Waals surface area contributed by atoms with Crippen molar-refractivity contribution in [1.82, 2.24) is 9.88 Å². The van der Waals surface area contributed by atoms with Crippen molar-refractivity contribution >= 4 is 44.2 Å². The molecule has 1 amide bonds. The van der Waals surface area contributed by atoms with Crippen molar-refractivity contribution in [3.8, 4) is 5.75 Å². The summed E-state index contributed by atoms with van der Waals surface area (Å²) < 4.78 is 12.7. The highest BCUT2D eigenvalue weighted by molar-refractivity contribution is 7.22. The third-order valence-electron chi connectivity index (χ3n) is 5.99. The summed E-state index contributed by atoms with van der Waals surface area (Å²) in [6.07, 6.45) is 0. The van der Waals surface area contributed by atoms with Crippen molar-refractivity contribution in [3.05, 3.63) is 52.5 Å². The van der Waals surface area contributed by atoms with Crippen molar-refractivity contribution in [1.29, 1.82) is 0 Å². The van der Waals surface area contributed by atoms with E-state index in [4.69, 9.17) is 26.1 Å². The lowest BCUT2D eigenvalue weighted by atomic mass is 10.1. The average Bonchev–Trinajstić information content (AvgIpc) is 3.23. The normalized spacial score (nSPS) is 15.1. The van der Waals surface area contributed by atoms with Crippen molar-refractivity contribution in [2.24, 2.45) is 0 Å². The summed E-state index contributed by atoms with van der Waals surface area (Å²) in [6.45, 7) is 12.2. The summed E-state index contributed by atoms with van der Waals surface area (Å²) in [6, 6.07) is 11.3. The van der Waals surface area contributed by atoms with Gasteiger partial charge in [-0.2, -0.15) is 0 Å². The molecule has 0 spiro atoms. The molecule has 33 heavy (non-hydrogen) atoms. The summed E-state index contributed by atoms with van der Waals surface area (Å²) in [5.41, 5.74) is 2.21. The van der Waals surface area contributed by atoms with Crippen LogP contribution in [-0.4, -0.2) is 60.8 Å². The maximum atomic E-state index is 13.8. The fourth-order valence-electron chi connectivity index (χ4n) is 3.85. The number of ether oxygens (including phenoxy) is 2. The van der Waals surface area contributed by atoms with Crippen molar-refractivity contribution in [2.45, 2.75) is 33.3 Å². The third kappa shape index (κ3) is 5.49. The monoisotopic (exact) mass is 487 g/mol. The maximum absolute atomic E-state index is 13.8. The van der Waals surface area contributed by atoms with Gasteiger partial charge in [-0.3, -0.25) is 14.6 Å². The molecular weight excluding hydrogens is 458 g/mol. The zero-order chi connectivity index (χ0) is 23.6. The van der Waals surface area contributed by atoms with E-state index in [2.05, 4.69) is 30.9 Å². The molecule has 0 radical (unpaired) electrons. The Bertz CT molecular complexity index is 1120. The highest BCUT2D eigenvalue weighted by Crippen LogP contribution is 2.33. The first kappa shape index (κ1) is 24.0. The summed E-state index contributed by atoms with van der Waals surface area (Å²) in [7, 11) is 0. The molecule has 8 heteroatoms. The third-order valence-corrected chi connectivity index (χ3v) is 7.29. The van der Waals surface area contributed by atoms with Gasteiger partial charge in [0.05, 0.1) is 23.4 Å². The van der Waals surface area contributed by atoms with E-state index in [0.29, 0.717) is 22.4 Å². The Morgan fingerprint density at radius 1 is 1.18 bits per heavy atom. The van der Waals surface area contributed by atoms with Crippen molar-refractivity contribution in [3.63, 3.8) is 0 Å². The van der Waals surface area contributed by atoms with Gasteiger partial charge < -0.3 is 9.47 Å². The number of hydrogen-bond donors (Lipinski definition) is 0. The topological polar surface area (TPSA) is 54.9 Å². The second-order valence-electron chi connectivity index (χ2n) is 8.83. The van der Waals surface area contributed by atoms with Gasteiger partial charge in [0, 0.05) is 31.2 Å². The molecule has 0 unspecified atom stereocenters. The number of anilines is 1. The Morgan fingerprint density at radius 2 is 1.88 bits per heavy atom. The van der Waals surface area contributed by atoms with Crippen LogP contribution < -0.4 is 9.64 Å². The van der Waals surface area contributed by atoms with Gasteiger partial charge in [-0.1, -0.05) is 29.0 Å². The molecule has 1 aliphatic rings. The molecular formula is C25H30ClN3O3S. The summed E-state index contributed by atoms with van der Waals surface area (Å²) in [5.74, 6) is 0.473. The van der Waals surface area contributed by atoms with E-state index >= 15 is 0 Å². The highest BCUT2D eigenvalue weighted by atomic mass is 35.5. The van der Waals surface area contributed by atoms with E-state index in [-0.39, 0.29) is 5.91 Å². The first-order chi connectivity index (χ1) is 15.7. The molecule has 1 aliphatic heterocycles. The number of rotatable bonds is 7. The van der Waals surface area contributed by atoms with Crippen LogP contribution in [-0.2, 0) is 9.53 Å². The standard InChI is InChI=1S/C25H30ClN3O3S/c1-17-5-10-21-22(18(17)2)27-24(33-21)29(12-11-28-13-15-31-16-14-28)23(30)25(3,4)32-20-8-6-19(26)7-9-20/h5-10H,11-16H2,1-4H3. The lowest BCUT2D eigenvalue weighted by Crippen LogP contribution is -2.51. The molecule has 1 fully saturated rings. The molecule has 4 rings (SSSR count). The van der Waals surface area contributed by atoms with Crippen LogP contribution in [0.3, 0.4) is 0 Å². The van der Waals surface area contributed by atoms with E-state index < -0.39 is 5.60 Å². The van der Waals surface area contributed by atoms with E-state index in [1.807, 2.05) is 0 Å². The Balaban J connectivity index is 1.63. The molecule has 3 aromatic rings. The van der Waals surface area contributed by atoms with E-state index in [1.54, 1.807) is 54.3 Å². The zero-order valence-electron chi connectivity index (χ0n) is 19.6. The molecule has 0 N–H and O–H groups in total. The molecule has 1 saturated heterocycles. The van der Waals surface area contributed by atoms with Crippen LogP contribution in [0.5, 0.6) is 5.75 Å². The Labute approximate surface area is 204 Å². The average molecular weight is 488 g/mol. The van der Waals surface area contributed by atoms with Crippen LogP contribution in [0, 0.1) is 13.8 Å². The second kappa shape index (κ2) is 9.97. The summed E-state index contributed by atoms with van der Waals surface area (Å²) in [4.78, 5) is 22.8. The first-order valence-electron chi connectivity index (χ1n) is 11.2. The van der Waals surface area contributed by atoms with Gasteiger partial charge in [-0.25, -0.2) is 4.98 Å². The number of benzene rings is 2. The molecule has 0 aliphatic carbocycles. The predicted octanol–water partition coefficient (Wildman–Crippen LogP) is 5.09. The van der Waals surface area contributed by atoms with Crippen LogP contribution in [0.2, 0.25) is 5.02 Å². The van der Waals surface area contributed by atoms with Gasteiger partial charge >= 0.3 is 0 Å². The molecule has 0 bridgehead atoms. The Kier molecular flexibility index (Phi) is 7.24. The van der Waals surface area contributed by atoms with Gasteiger partial charge in [-0.05, 0) is 69.2 Å². The molecule has 0 atom stereocenters. The number of morpholine rings is 1. The minimum absolute atomic E-state index is 0.126. The van der Waals surface area contributed by atoms with E-state index in [9.17, 15) is 4.79 Å². The van der Waals surface area contributed by atoms with E-state index in [0.717, 1.165) is 48.6 Å². The number of aromatic nitrogens is 1. The number of thiazole rings is 1. The van der Waals surface area contributed by atoms with Gasteiger partial charge in [0.25, 0.3) is 5.91 Å². The lowest BCUT2D eigenvalue weighted by molar-refractivity contribution is -0.131. The predicted molar refractivity (Wildman–Crippen MR) is 135 cm³/mol. The van der Waals surface area contributed by atoms with Crippen LogP contribution in [0.4, 0.5) is 5.13 Å². The van der Waals surface area contributed by atoms with Crippen molar-refractivity contribution in [2.75, 3.05) is 44.3 Å². The quantitative estimate of drug-likeness (QED) is 0.464. The number of nitrogens with zero attached hydrogens (tertiary/aromatic N) is 3. The molecule has 176 valence electrons. The van der Waals surface area contributed by atoms with Crippen LogP contribution >= 0.6 is 22.9 Å².